The lowest BCUT2D eigenvalue weighted by Crippen LogP contribution is -2.46. The lowest BCUT2D eigenvalue weighted by atomic mass is 9.99. The van der Waals surface area contributed by atoms with Crippen molar-refractivity contribution in [1.82, 2.24) is 4.90 Å². The number of amides is 1. The molecule has 1 aromatic carbocycles. The zero-order valence-corrected chi connectivity index (χ0v) is 13.8. The predicted octanol–water partition coefficient (Wildman–Crippen LogP) is 3.24. The Morgan fingerprint density at radius 2 is 2.21 bits per heavy atom. The number of carbonyl (C=O) groups is 1. The lowest BCUT2D eigenvalue weighted by molar-refractivity contribution is 0.0159. The normalized spacial score (nSPS) is 23.5. The first kappa shape index (κ1) is 14.8. The van der Waals surface area contributed by atoms with Crippen LogP contribution in [0.1, 0.15) is 35.7 Å². The third-order valence-electron chi connectivity index (χ3n) is 3.84. The van der Waals surface area contributed by atoms with E-state index < -0.39 is 0 Å². The second-order valence-electron chi connectivity index (χ2n) is 5.17. The van der Waals surface area contributed by atoms with Gasteiger partial charge >= 0.3 is 0 Å². The van der Waals surface area contributed by atoms with E-state index in [2.05, 4.69) is 29.5 Å². The largest absolute Gasteiger partial charge is 0.381 e. The molecule has 1 amide bonds. The summed E-state index contributed by atoms with van der Waals surface area (Å²) in [5.41, 5.74) is 1.98. The van der Waals surface area contributed by atoms with Crippen LogP contribution in [0.15, 0.2) is 18.2 Å². The van der Waals surface area contributed by atoms with Crippen LogP contribution in [0.4, 0.5) is 0 Å². The number of likely N-dealkylation sites (tertiary alicyclic amines) is 1. The fourth-order valence-electron chi connectivity index (χ4n) is 2.61. The van der Waals surface area contributed by atoms with Crippen LogP contribution in [0.3, 0.4) is 0 Å². The molecule has 0 aromatic heterocycles. The predicted molar refractivity (Wildman–Crippen MR) is 84.4 cm³/mol. The van der Waals surface area contributed by atoms with Crippen LogP contribution in [-0.4, -0.2) is 36.6 Å². The minimum absolute atomic E-state index is 0.148. The van der Waals surface area contributed by atoms with Crippen LogP contribution in [-0.2, 0) is 4.74 Å². The Morgan fingerprint density at radius 3 is 2.84 bits per heavy atom. The van der Waals surface area contributed by atoms with Gasteiger partial charge in [0.1, 0.15) is 0 Å². The Hall–Kier alpha value is -0.620. The molecule has 1 aliphatic rings. The molecule has 1 fully saturated rings. The zero-order chi connectivity index (χ0) is 14.0. The van der Waals surface area contributed by atoms with Gasteiger partial charge in [0.15, 0.2) is 0 Å². The Morgan fingerprint density at radius 1 is 1.47 bits per heavy atom. The molecule has 1 aromatic rings. The number of hydrogen-bond donors (Lipinski definition) is 0. The molecule has 2 rings (SSSR count). The van der Waals surface area contributed by atoms with E-state index in [1.165, 1.54) is 0 Å². The van der Waals surface area contributed by atoms with Crippen LogP contribution < -0.4 is 0 Å². The van der Waals surface area contributed by atoms with Gasteiger partial charge in [0, 0.05) is 23.3 Å². The molecule has 2 atom stereocenters. The second kappa shape index (κ2) is 6.22. The van der Waals surface area contributed by atoms with Crippen molar-refractivity contribution in [1.29, 1.82) is 0 Å². The van der Waals surface area contributed by atoms with Crippen molar-refractivity contribution in [3.05, 3.63) is 32.9 Å². The molecular formula is C15H20INO2. The third-order valence-corrected chi connectivity index (χ3v) is 5.28. The van der Waals surface area contributed by atoms with Crippen LogP contribution in [0.2, 0.25) is 0 Å². The smallest absolute Gasteiger partial charge is 0.255 e. The Labute approximate surface area is 128 Å². The highest BCUT2D eigenvalue weighted by Crippen LogP contribution is 2.24. The SMILES string of the molecule is COC1CCN(C(=O)c2cccc(C)c2I)C(C)C1. The van der Waals surface area contributed by atoms with Crippen molar-refractivity contribution in [3.8, 4) is 0 Å². The van der Waals surface area contributed by atoms with Gasteiger partial charge in [0.25, 0.3) is 5.91 Å². The summed E-state index contributed by atoms with van der Waals surface area (Å²) in [5.74, 6) is 0.148. The van der Waals surface area contributed by atoms with E-state index in [0.717, 1.165) is 34.1 Å². The molecule has 0 spiro atoms. The number of ether oxygens (including phenoxy) is 1. The molecule has 0 N–H and O–H groups in total. The first-order chi connectivity index (χ1) is 9.04. The summed E-state index contributed by atoms with van der Waals surface area (Å²) in [7, 11) is 1.75. The summed E-state index contributed by atoms with van der Waals surface area (Å²) < 4.78 is 6.46. The fraction of sp³-hybridized carbons (Fsp3) is 0.533. The van der Waals surface area contributed by atoms with E-state index in [9.17, 15) is 4.79 Å². The van der Waals surface area contributed by atoms with E-state index in [-0.39, 0.29) is 18.1 Å². The quantitative estimate of drug-likeness (QED) is 0.745. The topological polar surface area (TPSA) is 29.5 Å². The Kier molecular flexibility index (Phi) is 4.84. The number of rotatable bonds is 2. The van der Waals surface area contributed by atoms with Crippen molar-refractivity contribution in [3.63, 3.8) is 0 Å². The fourth-order valence-corrected chi connectivity index (χ4v) is 3.20. The first-order valence-electron chi connectivity index (χ1n) is 6.63. The molecule has 0 saturated carbocycles. The highest BCUT2D eigenvalue weighted by atomic mass is 127. The average Bonchev–Trinajstić information content (AvgIpc) is 2.41. The van der Waals surface area contributed by atoms with Crippen LogP contribution in [0.5, 0.6) is 0 Å². The molecular weight excluding hydrogens is 353 g/mol. The molecule has 0 aliphatic carbocycles. The van der Waals surface area contributed by atoms with Crippen LogP contribution in [0, 0.1) is 10.5 Å². The van der Waals surface area contributed by atoms with E-state index in [1.807, 2.05) is 30.0 Å². The van der Waals surface area contributed by atoms with Crippen molar-refractivity contribution in [2.24, 2.45) is 0 Å². The first-order valence-corrected chi connectivity index (χ1v) is 7.71. The number of benzene rings is 1. The number of nitrogens with zero attached hydrogens (tertiary/aromatic N) is 1. The summed E-state index contributed by atoms with van der Waals surface area (Å²) in [6, 6.07) is 6.16. The van der Waals surface area contributed by atoms with Gasteiger partial charge in [-0.05, 0) is 60.9 Å². The maximum atomic E-state index is 12.7. The maximum Gasteiger partial charge on any atom is 0.255 e. The molecule has 1 heterocycles. The van der Waals surface area contributed by atoms with E-state index in [1.54, 1.807) is 7.11 Å². The van der Waals surface area contributed by atoms with Gasteiger partial charge in [0.2, 0.25) is 0 Å². The third kappa shape index (κ3) is 3.11. The minimum Gasteiger partial charge on any atom is -0.381 e. The zero-order valence-electron chi connectivity index (χ0n) is 11.6. The van der Waals surface area contributed by atoms with E-state index in [0.29, 0.717) is 0 Å². The average molecular weight is 373 g/mol. The highest BCUT2D eigenvalue weighted by molar-refractivity contribution is 14.1. The second-order valence-corrected chi connectivity index (χ2v) is 6.24. The maximum absolute atomic E-state index is 12.7. The van der Waals surface area contributed by atoms with E-state index in [4.69, 9.17) is 4.74 Å². The molecule has 19 heavy (non-hydrogen) atoms. The summed E-state index contributed by atoms with van der Waals surface area (Å²) >= 11 is 2.26. The summed E-state index contributed by atoms with van der Waals surface area (Å²) in [6.45, 7) is 4.92. The standard InChI is InChI=1S/C15H20INO2/c1-10-5-4-6-13(14(10)16)15(18)17-8-7-12(19-3)9-11(17)2/h4-6,11-12H,7-9H2,1-3H3. The monoisotopic (exact) mass is 373 g/mol. The number of halogens is 1. The molecule has 1 aliphatic heterocycles. The van der Waals surface area contributed by atoms with Gasteiger partial charge < -0.3 is 9.64 Å². The molecule has 0 radical (unpaired) electrons. The molecule has 1 saturated heterocycles. The number of piperidine rings is 1. The van der Waals surface area contributed by atoms with Gasteiger partial charge in [-0.15, -0.1) is 0 Å². The number of hydrogen-bond acceptors (Lipinski definition) is 2. The summed E-state index contributed by atoms with van der Waals surface area (Å²) in [5, 5.41) is 0. The molecule has 4 heteroatoms. The van der Waals surface area contributed by atoms with Crippen LogP contribution in [0.25, 0.3) is 0 Å². The Balaban J connectivity index is 2.18. The molecule has 3 nitrogen and oxygen atoms in total. The van der Waals surface area contributed by atoms with Crippen molar-refractivity contribution >= 4 is 28.5 Å². The number of carbonyl (C=O) groups excluding carboxylic acids is 1. The van der Waals surface area contributed by atoms with Crippen LogP contribution >= 0.6 is 22.6 Å². The van der Waals surface area contributed by atoms with E-state index >= 15 is 0 Å². The van der Waals surface area contributed by atoms with Gasteiger partial charge in [0.05, 0.1) is 11.7 Å². The molecule has 2 unspecified atom stereocenters. The number of methoxy groups -OCH3 is 1. The summed E-state index contributed by atoms with van der Waals surface area (Å²) in [4.78, 5) is 14.6. The highest BCUT2D eigenvalue weighted by Gasteiger charge is 2.30. The molecule has 0 bridgehead atoms. The van der Waals surface area contributed by atoms with Crippen molar-refractivity contribution < 1.29 is 9.53 Å². The van der Waals surface area contributed by atoms with Crippen molar-refractivity contribution in [2.45, 2.75) is 38.8 Å². The van der Waals surface area contributed by atoms with Gasteiger partial charge in [-0.1, -0.05) is 12.1 Å². The summed E-state index contributed by atoms with van der Waals surface area (Å²) in [6.07, 6.45) is 2.13. The number of aryl methyl sites for hydroxylation is 1. The molecule has 104 valence electrons. The van der Waals surface area contributed by atoms with Gasteiger partial charge in [-0.25, -0.2) is 0 Å². The van der Waals surface area contributed by atoms with Gasteiger partial charge in [-0.2, -0.15) is 0 Å². The lowest BCUT2D eigenvalue weighted by Gasteiger charge is -2.37. The van der Waals surface area contributed by atoms with Crippen molar-refractivity contribution in [2.75, 3.05) is 13.7 Å². The minimum atomic E-state index is 0.148. The van der Waals surface area contributed by atoms with Gasteiger partial charge in [-0.3, -0.25) is 4.79 Å². The Bertz CT molecular complexity index is 475.